The Morgan fingerprint density at radius 1 is 1.44 bits per heavy atom. The van der Waals surface area contributed by atoms with E-state index in [0.29, 0.717) is 5.92 Å². The third-order valence-corrected chi connectivity index (χ3v) is 3.06. The summed E-state index contributed by atoms with van der Waals surface area (Å²) in [6.07, 6.45) is 4.83. The normalized spacial score (nSPS) is 18.1. The van der Waals surface area contributed by atoms with Crippen LogP contribution >= 0.6 is 0 Å². The molecule has 1 aliphatic carbocycles. The topological polar surface area (TPSA) is 69.6 Å². The van der Waals surface area contributed by atoms with Gasteiger partial charge in [0.25, 0.3) is 0 Å². The molecule has 2 N–H and O–H groups in total. The van der Waals surface area contributed by atoms with Gasteiger partial charge < -0.3 is 15.3 Å². The molecule has 0 radical (unpaired) electrons. The maximum atomic E-state index is 11.6. The molecule has 0 unspecified atom stereocenters. The molecule has 5 nitrogen and oxygen atoms in total. The highest BCUT2D eigenvalue weighted by atomic mass is 16.4. The Kier molecular flexibility index (Phi) is 4.58. The van der Waals surface area contributed by atoms with Crippen molar-refractivity contribution in [3.8, 4) is 0 Å². The van der Waals surface area contributed by atoms with Crippen LogP contribution in [0.15, 0.2) is 0 Å². The molecule has 0 heterocycles. The SMILES string of the molecule is C[C@@H](NC(=O)N(C)CC1CCCC1)C(=O)O. The van der Waals surface area contributed by atoms with Crippen molar-refractivity contribution in [1.82, 2.24) is 10.2 Å². The van der Waals surface area contributed by atoms with Crippen molar-refractivity contribution in [2.45, 2.75) is 38.6 Å². The molecule has 0 spiro atoms. The van der Waals surface area contributed by atoms with Gasteiger partial charge in [-0.1, -0.05) is 12.8 Å². The summed E-state index contributed by atoms with van der Waals surface area (Å²) in [7, 11) is 1.71. The number of carbonyl (C=O) groups excluding carboxylic acids is 1. The van der Waals surface area contributed by atoms with Gasteiger partial charge >= 0.3 is 12.0 Å². The van der Waals surface area contributed by atoms with Crippen molar-refractivity contribution in [1.29, 1.82) is 0 Å². The summed E-state index contributed by atoms with van der Waals surface area (Å²) in [5.74, 6) is -0.432. The molecule has 0 aliphatic heterocycles. The second-order valence-electron chi connectivity index (χ2n) is 4.54. The minimum Gasteiger partial charge on any atom is -0.480 e. The summed E-state index contributed by atoms with van der Waals surface area (Å²) in [4.78, 5) is 23.7. The van der Waals surface area contributed by atoms with Crippen molar-refractivity contribution in [3.63, 3.8) is 0 Å². The highest BCUT2D eigenvalue weighted by molar-refractivity contribution is 5.82. The van der Waals surface area contributed by atoms with Crippen LogP contribution in [0, 0.1) is 5.92 Å². The zero-order valence-electron chi connectivity index (χ0n) is 9.90. The lowest BCUT2D eigenvalue weighted by Crippen LogP contribution is -2.46. The molecule has 0 aromatic carbocycles. The van der Waals surface area contributed by atoms with Crippen LogP contribution in [0.3, 0.4) is 0 Å². The summed E-state index contributed by atoms with van der Waals surface area (Å²) >= 11 is 0. The molecule has 1 rings (SSSR count). The van der Waals surface area contributed by atoms with E-state index in [1.807, 2.05) is 0 Å². The number of nitrogens with one attached hydrogen (secondary N) is 1. The van der Waals surface area contributed by atoms with Gasteiger partial charge in [-0.3, -0.25) is 4.79 Å². The molecule has 1 aliphatic rings. The molecule has 2 amide bonds. The number of carboxylic acid groups (broad SMARTS) is 1. The number of urea groups is 1. The van der Waals surface area contributed by atoms with Crippen LogP contribution in [0.4, 0.5) is 4.79 Å². The standard InChI is InChI=1S/C11H20N2O3/c1-8(10(14)15)12-11(16)13(2)7-9-5-3-4-6-9/h8-9H,3-7H2,1-2H3,(H,12,16)(H,14,15)/t8-/m1/s1. The lowest BCUT2D eigenvalue weighted by atomic mass is 10.1. The maximum absolute atomic E-state index is 11.6. The number of nitrogens with zero attached hydrogens (tertiary/aromatic N) is 1. The Labute approximate surface area is 95.8 Å². The van der Waals surface area contributed by atoms with Crippen LogP contribution in [0.1, 0.15) is 32.6 Å². The Bertz CT molecular complexity index is 262. The molecule has 1 saturated carbocycles. The fourth-order valence-electron chi connectivity index (χ4n) is 2.02. The fraction of sp³-hybridized carbons (Fsp3) is 0.818. The van der Waals surface area contributed by atoms with Crippen LogP contribution in [0.25, 0.3) is 0 Å². The van der Waals surface area contributed by atoms with Crippen LogP contribution in [-0.2, 0) is 4.79 Å². The molecule has 0 saturated heterocycles. The molecular formula is C11H20N2O3. The van der Waals surface area contributed by atoms with Crippen LogP contribution in [0.5, 0.6) is 0 Å². The lowest BCUT2D eigenvalue weighted by Gasteiger charge is -2.22. The zero-order valence-corrected chi connectivity index (χ0v) is 9.90. The van der Waals surface area contributed by atoms with E-state index in [-0.39, 0.29) is 6.03 Å². The van der Waals surface area contributed by atoms with Gasteiger partial charge in [0.15, 0.2) is 0 Å². The lowest BCUT2D eigenvalue weighted by molar-refractivity contribution is -0.138. The number of carbonyl (C=O) groups is 2. The van der Waals surface area contributed by atoms with Gasteiger partial charge in [0.05, 0.1) is 0 Å². The van der Waals surface area contributed by atoms with Gasteiger partial charge in [-0.05, 0) is 25.7 Å². The minimum atomic E-state index is -1.01. The smallest absolute Gasteiger partial charge is 0.325 e. The maximum Gasteiger partial charge on any atom is 0.325 e. The number of rotatable bonds is 4. The van der Waals surface area contributed by atoms with Gasteiger partial charge in [-0.2, -0.15) is 0 Å². The van der Waals surface area contributed by atoms with Crippen LogP contribution in [0.2, 0.25) is 0 Å². The van der Waals surface area contributed by atoms with Crippen molar-refractivity contribution in [2.24, 2.45) is 5.92 Å². The highest BCUT2D eigenvalue weighted by Crippen LogP contribution is 2.25. The quantitative estimate of drug-likeness (QED) is 0.761. The molecule has 1 atom stereocenters. The van der Waals surface area contributed by atoms with Crippen LogP contribution < -0.4 is 5.32 Å². The molecular weight excluding hydrogens is 208 g/mol. The summed E-state index contributed by atoms with van der Waals surface area (Å²) in [5.41, 5.74) is 0. The Hall–Kier alpha value is -1.26. The van der Waals surface area contributed by atoms with Crippen molar-refractivity contribution >= 4 is 12.0 Å². The van der Waals surface area contributed by atoms with E-state index in [1.54, 1.807) is 11.9 Å². The molecule has 0 bridgehead atoms. The second-order valence-corrected chi connectivity index (χ2v) is 4.54. The number of hydrogen-bond acceptors (Lipinski definition) is 2. The predicted octanol–water partition coefficient (Wildman–Crippen LogP) is 1.29. The molecule has 0 aromatic heterocycles. The first-order valence-electron chi connectivity index (χ1n) is 5.75. The van der Waals surface area contributed by atoms with E-state index >= 15 is 0 Å². The van der Waals surface area contributed by atoms with Gasteiger partial charge in [-0.15, -0.1) is 0 Å². The molecule has 92 valence electrons. The number of aliphatic carboxylic acids is 1. The number of amides is 2. The van der Waals surface area contributed by atoms with E-state index in [4.69, 9.17) is 5.11 Å². The zero-order chi connectivity index (χ0) is 12.1. The summed E-state index contributed by atoms with van der Waals surface area (Å²) in [5, 5.41) is 11.1. The second kappa shape index (κ2) is 5.72. The van der Waals surface area contributed by atoms with Crippen molar-refractivity contribution < 1.29 is 14.7 Å². The average molecular weight is 228 g/mol. The molecule has 1 fully saturated rings. The predicted molar refractivity (Wildman–Crippen MR) is 60.2 cm³/mol. The molecule has 0 aromatic rings. The first-order valence-corrected chi connectivity index (χ1v) is 5.75. The third kappa shape index (κ3) is 3.72. The first kappa shape index (κ1) is 12.8. The Balaban J connectivity index is 2.32. The minimum absolute atomic E-state index is 0.304. The van der Waals surface area contributed by atoms with E-state index in [0.717, 1.165) is 6.54 Å². The number of hydrogen-bond donors (Lipinski definition) is 2. The van der Waals surface area contributed by atoms with E-state index in [1.165, 1.54) is 32.6 Å². The van der Waals surface area contributed by atoms with Gasteiger partial charge in [0.1, 0.15) is 6.04 Å². The Morgan fingerprint density at radius 2 is 2.00 bits per heavy atom. The van der Waals surface area contributed by atoms with E-state index < -0.39 is 12.0 Å². The van der Waals surface area contributed by atoms with Crippen molar-refractivity contribution in [2.75, 3.05) is 13.6 Å². The molecule has 5 heteroatoms. The average Bonchev–Trinajstić information content (AvgIpc) is 2.69. The Morgan fingerprint density at radius 3 is 2.50 bits per heavy atom. The van der Waals surface area contributed by atoms with Gasteiger partial charge in [0.2, 0.25) is 0 Å². The largest absolute Gasteiger partial charge is 0.480 e. The van der Waals surface area contributed by atoms with E-state index in [9.17, 15) is 9.59 Å². The van der Waals surface area contributed by atoms with Gasteiger partial charge in [0, 0.05) is 13.6 Å². The number of carboxylic acids is 1. The van der Waals surface area contributed by atoms with Crippen molar-refractivity contribution in [3.05, 3.63) is 0 Å². The summed E-state index contributed by atoms with van der Waals surface area (Å²) in [6, 6.07) is -1.14. The monoisotopic (exact) mass is 228 g/mol. The van der Waals surface area contributed by atoms with E-state index in [2.05, 4.69) is 5.32 Å². The van der Waals surface area contributed by atoms with Crippen LogP contribution in [-0.4, -0.2) is 41.6 Å². The third-order valence-electron chi connectivity index (χ3n) is 3.06. The first-order chi connectivity index (χ1) is 7.50. The molecule has 16 heavy (non-hydrogen) atoms. The fourth-order valence-corrected chi connectivity index (χ4v) is 2.02. The summed E-state index contributed by atoms with van der Waals surface area (Å²) in [6.45, 7) is 2.18. The highest BCUT2D eigenvalue weighted by Gasteiger charge is 2.21. The van der Waals surface area contributed by atoms with Gasteiger partial charge in [-0.25, -0.2) is 4.79 Å². The summed E-state index contributed by atoms with van der Waals surface area (Å²) < 4.78 is 0.